The number of nitrogens with zero attached hydrogens (tertiary/aromatic N) is 4. The van der Waals surface area contributed by atoms with Crippen LogP contribution in [0.2, 0.25) is 0 Å². The number of fused-ring (bicyclic) bond motifs is 2. The molecular weight excluding hydrogens is 354 g/mol. The highest BCUT2D eigenvalue weighted by molar-refractivity contribution is 5.68. The summed E-state index contributed by atoms with van der Waals surface area (Å²) in [4.78, 5) is 4.03. The molecule has 0 unspecified atom stereocenters. The van der Waals surface area contributed by atoms with Crippen LogP contribution in [-0.2, 0) is 0 Å². The third-order valence-electron chi connectivity index (χ3n) is 5.81. The molecule has 3 atom stereocenters. The number of rotatable bonds is 4. The molecule has 2 aromatic heterocycles. The summed E-state index contributed by atoms with van der Waals surface area (Å²) in [6, 6.07) is 9.65. The van der Waals surface area contributed by atoms with E-state index in [1.807, 2.05) is 35.0 Å². The maximum Gasteiger partial charge on any atom is 0.233 e. The third-order valence-corrected chi connectivity index (χ3v) is 5.81. The fourth-order valence-corrected chi connectivity index (χ4v) is 4.47. The lowest BCUT2D eigenvalue weighted by Crippen LogP contribution is -2.50. The minimum absolute atomic E-state index is 0.150. The molecule has 0 amide bonds. The van der Waals surface area contributed by atoms with Gasteiger partial charge in [-0.05, 0) is 44.4 Å². The molecule has 28 heavy (non-hydrogen) atoms. The molecule has 3 aromatic rings. The number of benzene rings is 1. The second-order valence-electron chi connectivity index (χ2n) is 8.05. The Kier molecular flexibility index (Phi) is 4.05. The van der Waals surface area contributed by atoms with Gasteiger partial charge in [0.25, 0.3) is 0 Å². The highest BCUT2D eigenvalue weighted by Crippen LogP contribution is 2.37. The lowest BCUT2D eigenvalue weighted by atomic mass is 9.91. The molecule has 7 heteroatoms. The zero-order chi connectivity index (χ0) is 19.1. The molecule has 2 aliphatic rings. The van der Waals surface area contributed by atoms with Crippen molar-refractivity contribution >= 4 is 0 Å². The van der Waals surface area contributed by atoms with E-state index in [-0.39, 0.29) is 17.4 Å². The first kappa shape index (κ1) is 17.2. The summed E-state index contributed by atoms with van der Waals surface area (Å²) in [6.07, 6.45) is 9.80. The number of piperidine rings is 1. The van der Waals surface area contributed by atoms with E-state index in [0.29, 0.717) is 23.2 Å². The predicted molar refractivity (Wildman–Crippen MR) is 104 cm³/mol. The molecule has 144 valence electrons. The van der Waals surface area contributed by atoms with Crippen molar-refractivity contribution in [1.29, 1.82) is 0 Å². The molecule has 0 saturated carbocycles. The normalized spacial score (nSPS) is 26.3. The van der Waals surface area contributed by atoms with Crippen LogP contribution >= 0.6 is 0 Å². The largest absolute Gasteiger partial charge is 0.507 e. The van der Waals surface area contributed by atoms with E-state index >= 15 is 0 Å². The van der Waals surface area contributed by atoms with Gasteiger partial charge in [0.15, 0.2) is 0 Å². The zero-order valence-electron chi connectivity index (χ0n) is 15.7. The maximum absolute atomic E-state index is 10.4. The maximum atomic E-state index is 10.4. The minimum atomic E-state index is 0.150. The molecule has 0 aliphatic carbocycles. The topological polar surface area (TPSA) is 85.1 Å². The van der Waals surface area contributed by atoms with Crippen molar-refractivity contribution in [3.63, 3.8) is 0 Å². The van der Waals surface area contributed by atoms with Gasteiger partial charge in [-0.2, -0.15) is 0 Å². The van der Waals surface area contributed by atoms with Gasteiger partial charge in [-0.3, -0.25) is 0 Å². The molecular formula is C21H23N5O2. The molecule has 2 fully saturated rings. The first-order valence-corrected chi connectivity index (χ1v) is 9.68. The van der Waals surface area contributed by atoms with Gasteiger partial charge in [0.1, 0.15) is 11.9 Å². The Hall–Kier alpha value is -2.93. The number of ether oxygens (including phenoxy) is 1. The molecule has 4 heterocycles. The number of aromatic nitrogens is 4. The number of aromatic hydroxyl groups is 1. The summed E-state index contributed by atoms with van der Waals surface area (Å²) >= 11 is 0. The SMILES string of the molecule is C[C@]12CC[C@H](C[C@@H](Oc3ccc(-c4ccc(-n5ccnc5)cc4O)nn3)C1)N2. The summed E-state index contributed by atoms with van der Waals surface area (Å²) in [7, 11) is 0. The summed E-state index contributed by atoms with van der Waals surface area (Å²) in [6.45, 7) is 2.27. The van der Waals surface area contributed by atoms with Crippen LogP contribution in [0.5, 0.6) is 11.6 Å². The molecule has 2 aliphatic heterocycles. The van der Waals surface area contributed by atoms with Gasteiger partial charge < -0.3 is 19.7 Å². The Balaban J connectivity index is 1.31. The Morgan fingerprint density at radius 2 is 2.18 bits per heavy atom. The standard InChI is InChI=1S/C21H23N5O2/c1-21-7-6-14(23-21)10-16(12-21)28-20-5-4-18(24-25-20)17-3-2-15(11-19(17)27)26-9-8-22-13-26/h2-5,8-9,11,13-14,16,23,27H,6-7,10,12H2,1H3/t14-,16-,21+/m1/s1. The van der Waals surface area contributed by atoms with Crippen molar-refractivity contribution in [2.75, 3.05) is 0 Å². The molecule has 1 aromatic carbocycles. The van der Waals surface area contributed by atoms with Crippen LogP contribution in [0.3, 0.4) is 0 Å². The number of nitrogens with one attached hydrogen (secondary N) is 1. The van der Waals surface area contributed by atoms with Gasteiger partial charge in [-0.25, -0.2) is 4.98 Å². The van der Waals surface area contributed by atoms with Crippen LogP contribution in [0.1, 0.15) is 32.6 Å². The summed E-state index contributed by atoms with van der Waals surface area (Å²) in [5, 5.41) is 22.6. The van der Waals surface area contributed by atoms with E-state index in [1.54, 1.807) is 18.6 Å². The van der Waals surface area contributed by atoms with Crippen molar-refractivity contribution in [2.24, 2.45) is 0 Å². The van der Waals surface area contributed by atoms with E-state index in [0.717, 1.165) is 18.5 Å². The van der Waals surface area contributed by atoms with Crippen molar-refractivity contribution in [1.82, 2.24) is 25.1 Å². The van der Waals surface area contributed by atoms with E-state index in [1.165, 1.54) is 12.8 Å². The van der Waals surface area contributed by atoms with Crippen LogP contribution in [0, 0.1) is 0 Å². The van der Waals surface area contributed by atoms with Crippen LogP contribution in [0.15, 0.2) is 49.1 Å². The van der Waals surface area contributed by atoms with Gasteiger partial charge >= 0.3 is 0 Å². The lowest BCUT2D eigenvalue weighted by molar-refractivity contribution is 0.103. The van der Waals surface area contributed by atoms with Gasteiger partial charge in [0.05, 0.1) is 17.7 Å². The van der Waals surface area contributed by atoms with Gasteiger partial charge in [-0.15, -0.1) is 10.2 Å². The molecule has 2 bridgehead atoms. The van der Waals surface area contributed by atoms with E-state index in [4.69, 9.17) is 4.74 Å². The molecule has 5 rings (SSSR count). The van der Waals surface area contributed by atoms with Gasteiger partial charge in [0, 0.05) is 48.1 Å². The van der Waals surface area contributed by atoms with Crippen LogP contribution in [0.25, 0.3) is 16.9 Å². The van der Waals surface area contributed by atoms with Crippen molar-refractivity contribution < 1.29 is 9.84 Å². The lowest BCUT2D eigenvalue weighted by Gasteiger charge is -2.36. The quantitative estimate of drug-likeness (QED) is 0.727. The zero-order valence-corrected chi connectivity index (χ0v) is 15.7. The Bertz CT molecular complexity index is 973. The predicted octanol–water partition coefficient (Wildman–Crippen LogP) is 3.09. The average molecular weight is 377 g/mol. The van der Waals surface area contributed by atoms with E-state index in [9.17, 15) is 5.11 Å². The van der Waals surface area contributed by atoms with Crippen molar-refractivity contribution in [2.45, 2.75) is 50.3 Å². The van der Waals surface area contributed by atoms with E-state index < -0.39 is 0 Å². The van der Waals surface area contributed by atoms with Crippen LogP contribution in [0.4, 0.5) is 0 Å². The van der Waals surface area contributed by atoms with Gasteiger partial charge in [0.2, 0.25) is 5.88 Å². The number of phenolic OH excluding ortho intramolecular Hbond substituents is 1. The fourth-order valence-electron chi connectivity index (χ4n) is 4.47. The van der Waals surface area contributed by atoms with Crippen molar-refractivity contribution in [3.05, 3.63) is 49.1 Å². The van der Waals surface area contributed by atoms with Gasteiger partial charge in [-0.1, -0.05) is 0 Å². The molecule has 0 spiro atoms. The smallest absolute Gasteiger partial charge is 0.233 e. The second kappa shape index (κ2) is 6.60. The summed E-state index contributed by atoms with van der Waals surface area (Å²) < 4.78 is 7.94. The Labute approximate surface area is 163 Å². The monoisotopic (exact) mass is 377 g/mol. The van der Waals surface area contributed by atoms with Crippen molar-refractivity contribution in [3.8, 4) is 28.6 Å². The molecule has 0 radical (unpaired) electrons. The third kappa shape index (κ3) is 3.22. The first-order valence-electron chi connectivity index (χ1n) is 9.68. The fraction of sp³-hybridized carbons (Fsp3) is 0.381. The number of hydrogen-bond donors (Lipinski definition) is 2. The molecule has 7 nitrogen and oxygen atoms in total. The van der Waals surface area contributed by atoms with Crippen LogP contribution < -0.4 is 10.1 Å². The number of phenols is 1. The summed E-state index contributed by atoms with van der Waals surface area (Å²) in [5.41, 5.74) is 2.26. The first-order chi connectivity index (χ1) is 13.6. The Morgan fingerprint density at radius 3 is 2.89 bits per heavy atom. The molecule has 2 saturated heterocycles. The Morgan fingerprint density at radius 1 is 1.25 bits per heavy atom. The van der Waals surface area contributed by atoms with Crippen LogP contribution in [-0.4, -0.2) is 42.5 Å². The summed E-state index contributed by atoms with van der Waals surface area (Å²) in [5.74, 6) is 0.685. The second-order valence-corrected chi connectivity index (χ2v) is 8.05. The number of hydrogen-bond acceptors (Lipinski definition) is 6. The highest BCUT2D eigenvalue weighted by Gasteiger charge is 2.42. The number of imidazole rings is 1. The van der Waals surface area contributed by atoms with E-state index in [2.05, 4.69) is 27.4 Å². The molecule has 2 N–H and O–H groups in total. The highest BCUT2D eigenvalue weighted by atomic mass is 16.5. The average Bonchev–Trinajstić information content (AvgIpc) is 3.30. The minimum Gasteiger partial charge on any atom is -0.507 e.